The van der Waals surface area contributed by atoms with Gasteiger partial charge >= 0.3 is 0 Å². The van der Waals surface area contributed by atoms with Crippen molar-refractivity contribution in [1.82, 2.24) is 5.32 Å². The molecule has 0 aromatic heterocycles. The highest BCUT2D eigenvalue weighted by Gasteiger charge is 2.07. The molecule has 4 heteroatoms. The molecule has 0 spiro atoms. The number of rotatable bonds is 6. The van der Waals surface area contributed by atoms with Crippen LogP contribution in [0.2, 0.25) is 0 Å². The zero-order valence-corrected chi connectivity index (χ0v) is 11.9. The quantitative estimate of drug-likeness (QED) is 0.854. The van der Waals surface area contributed by atoms with Crippen LogP contribution in [0.1, 0.15) is 22.8 Å². The molecule has 21 heavy (non-hydrogen) atoms. The van der Waals surface area contributed by atoms with Crippen LogP contribution in [0.5, 0.6) is 5.75 Å². The predicted octanol–water partition coefficient (Wildman–Crippen LogP) is 2.39. The Balaban J connectivity index is 1.82. The van der Waals surface area contributed by atoms with Crippen LogP contribution in [-0.2, 0) is 6.54 Å². The van der Waals surface area contributed by atoms with E-state index in [0.29, 0.717) is 18.7 Å². The first-order valence-corrected chi connectivity index (χ1v) is 6.74. The standard InChI is InChI=1S/C17H18N2O2/c1-21-16-8-6-15(7-9-16)17(20)12-19-11-14-4-2-13(10-18)3-5-14/h2-9,17,19-20H,11-12H2,1H3/t17-/m0/s1. The molecule has 2 N–H and O–H groups in total. The van der Waals surface area contributed by atoms with E-state index in [0.717, 1.165) is 16.9 Å². The summed E-state index contributed by atoms with van der Waals surface area (Å²) in [6, 6.07) is 16.9. The summed E-state index contributed by atoms with van der Waals surface area (Å²) in [7, 11) is 1.62. The van der Waals surface area contributed by atoms with Gasteiger partial charge in [-0.15, -0.1) is 0 Å². The first kappa shape index (κ1) is 15.0. The summed E-state index contributed by atoms with van der Waals surface area (Å²) in [6.07, 6.45) is -0.561. The van der Waals surface area contributed by atoms with Crippen LogP contribution in [0.3, 0.4) is 0 Å². The lowest BCUT2D eigenvalue weighted by molar-refractivity contribution is 0.174. The van der Waals surface area contributed by atoms with Crippen LogP contribution in [0, 0.1) is 11.3 Å². The molecule has 2 aromatic rings. The Labute approximate surface area is 124 Å². The second-order valence-corrected chi connectivity index (χ2v) is 4.73. The molecule has 2 rings (SSSR count). The number of aliphatic hydroxyl groups excluding tert-OH is 1. The molecule has 0 heterocycles. The second-order valence-electron chi connectivity index (χ2n) is 4.73. The third kappa shape index (κ3) is 4.32. The van der Waals surface area contributed by atoms with E-state index in [-0.39, 0.29) is 0 Å². The maximum Gasteiger partial charge on any atom is 0.118 e. The Kier molecular flexibility index (Phi) is 5.33. The minimum absolute atomic E-state index is 0.465. The summed E-state index contributed by atoms with van der Waals surface area (Å²) >= 11 is 0. The molecule has 108 valence electrons. The van der Waals surface area contributed by atoms with Gasteiger partial charge in [-0.2, -0.15) is 5.26 Å². The van der Waals surface area contributed by atoms with E-state index >= 15 is 0 Å². The molecule has 0 unspecified atom stereocenters. The molecule has 0 saturated heterocycles. The lowest BCUT2D eigenvalue weighted by Gasteiger charge is -2.13. The van der Waals surface area contributed by atoms with Gasteiger partial charge in [-0.25, -0.2) is 0 Å². The highest BCUT2D eigenvalue weighted by atomic mass is 16.5. The van der Waals surface area contributed by atoms with Gasteiger partial charge in [0.25, 0.3) is 0 Å². The van der Waals surface area contributed by atoms with E-state index in [1.807, 2.05) is 36.4 Å². The maximum absolute atomic E-state index is 10.1. The zero-order chi connectivity index (χ0) is 15.1. The van der Waals surface area contributed by atoms with E-state index in [1.54, 1.807) is 19.2 Å². The molecule has 4 nitrogen and oxygen atoms in total. The third-order valence-electron chi connectivity index (χ3n) is 3.25. The predicted molar refractivity (Wildman–Crippen MR) is 80.8 cm³/mol. The largest absolute Gasteiger partial charge is 0.497 e. The summed E-state index contributed by atoms with van der Waals surface area (Å²) in [4.78, 5) is 0. The third-order valence-corrected chi connectivity index (χ3v) is 3.25. The van der Waals surface area contributed by atoms with Crippen LogP contribution in [-0.4, -0.2) is 18.8 Å². The molecule has 0 aliphatic rings. The van der Waals surface area contributed by atoms with Gasteiger partial charge < -0.3 is 15.2 Å². The van der Waals surface area contributed by atoms with Crippen LogP contribution < -0.4 is 10.1 Å². The van der Waals surface area contributed by atoms with E-state index in [9.17, 15) is 5.11 Å². The van der Waals surface area contributed by atoms with Gasteiger partial charge in [0.05, 0.1) is 24.8 Å². The van der Waals surface area contributed by atoms with Crippen LogP contribution >= 0.6 is 0 Å². The van der Waals surface area contributed by atoms with E-state index in [4.69, 9.17) is 10.00 Å². The fourth-order valence-corrected chi connectivity index (χ4v) is 1.99. The number of hydrogen-bond donors (Lipinski definition) is 2. The number of nitriles is 1. The second kappa shape index (κ2) is 7.44. The highest BCUT2D eigenvalue weighted by Crippen LogP contribution is 2.17. The van der Waals surface area contributed by atoms with Crippen molar-refractivity contribution < 1.29 is 9.84 Å². The van der Waals surface area contributed by atoms with Crippen molar-refractivity contribution in [2.45, 2.75) is 12.6 Å². The van der Waals surface area contributed by atoms with Crippen LogP contribution in [0.4, 0.5) is 0 Å². The highest BCUT2D eigenvalue weighted by molar-refractivity contribution is 5.31. The molecule has 1 atom stereocenters. The lowest BCUT2D eigenvalue weighted by atomic mass is 10.1. The minimum atomic E-state index is -0.561. The molecular formula is C17H18N2O2. The summed E-state index contributed by atoms with van der Waals surface area (Å²) in [5, 5.41) is 22.0. The Hall–Kier alpha value is -2.35. The molecule has 0 aliphatic carbocycles. The van der Waals surface area contributed by atoms with Crippen LogP contribution in [0.15, 0.2) is 48.5 Å². The smallest absolute Gasteiger partial charge is 0.118 e. The molecule has 0 amide bonds. The van der Waals surface area contributed by atoms with E-state index in [1.165, 1.54) is 0 Å². The average Bonchev–Trinajstić information content (AvgIpc) is 2.55. The monoisotopic (exact) mass is 282 g/mol. The van der Waals surface area contributed by atoms with Crippen molar-refractivity contribution >= 4 is 0 Å². The van der Waals surface area contributed by atoms with Gasteiger partial charge in [0.15, 0.2) is 0 Å². The number of aliphatic hydroxyl groups is 1. The molecular weight excluding hydrogens is 264 g/mol. The van der Waals surface area contributed by atoms with Gasteiger partial charge in [0.1, 0.15) is 5.75 Å². The van der Waals surface area contributed by atoms with Gasteiger partial charge in [-0.3, -0.25) is 0 Å². The molecule has 0 radical (unpaired) electrons. The topological polar surface area (TPSA) is 65.3 Å². The van der Waals surface area contributed by atoms with E-state index < -0.39 is 6.10 Å². The van der Waals surface area contributed by atoms with Gasteiger partial charge in [-0.1, -0.05) is 24.3 Å². The molecule has 0 aliphatic heterocycles. The van der Waals surface area contributed by atoms with Gasteiger partial charge in [-0.05, 0) is 35.4 Å². The van der Waals surface area contributed by atoms with Gasteiger partial charge in [0, 0.05) is 13.1 Å². The SMILES string of the molecule is COc1ccc([C@@H](O)CNCc2ccc(C#N)cc2)cc1. The molecule has 0 saturated carbocycles. The van der Waals surface area contributed by atoms with Crippen molar-refractivity contribution in [3.05, 3.63) is 65.2 Å². The fourth-order valence-electron chi connectivity index (χ4n) is 1.99. The van der Waals surface area contributed by atoms with Gasteiger partial charge in [0.2, 0.25) is 0 Å². The van der Waals surface area contributed by atoms with E-state index in [2.05, 4.69) is 11.4 Å². The minimum Gasteiger partial charge on any atom is -0.497 e. The number of ether oxygens (including phenoxy) is 1. The summed E-state index contributed by atoms with van der Waals surface area (Å²) in [5.74, 6) is 0.775. The van der Waals surface area contributed by atoms with Crippen molar-refractivity contribution in [2.75, 3.05) is 13.7 Å². The average molecular weight is 282 g/mol. The molecule has 0 fully saturated rings. The first-order chi connectivity index (χ1) is 10.2. The molecule has 0 bridgehead atoms. The lowest BCUT2D eigenvalue weighted by Crippen LogP contribution is -2.21. The number of hydrogen-bond acceptors (Lipinski definition) is 4. The summed E-state index contributed by atoms with van der Waals surface area (Å²) in [5.41, 5.74) is 2.58. The van der Waals surface area contributed by atoms with Crippen molar-refractivity contribution in [2.24, 2.45) is 0 Å². The zero-order valence-electron chi connectivity index (χ0n) is 11.9. The Morgan fingerprint density at radius 2 is 1.81 bits per heavy atom. The van der Waals surface area contributed by atoms with Crippen molar-refractivity contribution in [3.63, 3.8) is 0 Å². The number of methoxy groups -OCH3 is 1. The Morgan fingerprint density at radius 3 is 2.38 bits per heavy atom. The number of nitrogens with zero attached hydrogens (tertiary/aromatic N) is 1. The fraction of sp³-hybridized carbons (Fsp3) is 0.235. The number of benzene rings is 2. The first-order valence-electron chi connectivity index (χ1n) is 6.74. The van der Waals surface area contributed by atoms with Crippen LogP contribution in [0.25, 0.3) is 0 Å². The Bertz CT molecular complexity index is 600. The number of nitrogens with one attached hydrogen (secondary N) is 1. The maximum atomic E-state index is 10.1. The normalized spacial score (nSPS) is 11.7. The van der Waals surface area contributed by atoms with Crippen molar-refractivity contribution in [1.29, 1.82) is 5.26 Å². The van der Waals surface area contributed by atoms with Crippen molar-refractivity contribution in [3.8, 4) is 11.8 Å². The Morgan fingerprint density at radius 1 is 1.14 bits per heavy atom. The summed E-state index contributed by atoms with van der Waals surface area (Å²) in [6.45, 7) is 1.12. The molecule has 2 aromatic carbocycles. The summed E-state index contributed by atoms with van der Waals surface area (Å²) < 4.78 is 5.09.